The minimum atomic E-state index is 0.898. The fourth-order valence-electron chi connectivity index (χ4n) is 2.70. The second kappa shape index (κ2) is 5.93. The van der Waals surface area contributed by atoms with E-state index in [-0.39, 0.29) is 0 Å². The van der Waals surface area contributed by atoms with Gasteiger partial charge in [-0.3, -0.25) is 0 Å². The summed E-state index contributed by atoms with van der Waals surface area (Å²) in [6.45, 7) is 0. The second-order valence-corrected chi connectivity index (χ2v) is 4.91. The molecule has 1 aliphatic rings. The monoisotopic (exact) mass is 218 g/mol. The molecule has 16 heavy (non-hydrogen) atoms. The molecule has 0 unspecified atom stereocenters. The Kier molecular flexibility index (Phi) is 4.26. The van der Waals surface area contributed by atoms with Crippen molar-refractivity contribution in [3.05, 3.63) is 29.8 Å². The van der Waals surface area contributed by atoms with Crippen LogP contribution in [0.2, 0.25) is 0 Å². The largest absolute Gasteiger partial charge is 0.497 e. The van der Waals surface area contributed by atoms with E-state index in [0.29, 0.717) is 0 Å². The number of rotatable bonds is 3. The molecule has 1 aliphatic carbocycles. The summed E-state index contributed by atoms with van der Waals surface area (Å²) in [4.78, 5) is 0. The van der Waals surface area contributed by atoms with Crippen molar-refractivity contribution in [2.45, 2.75) is 44.9 Å². The third kappa shape index (κ3) is 3.26. The second-order valence-electron chi connectivity index (χ2n) is 4.91. The first-order valence-electron chi connectivity index (χ1n) is 6.51. The molecule has 0 radical (unpaired) electrons. The number of hydrogen-bond donors (Lipinski definition) is 0. The van der Waals surface area contributed by atoms with Crippen LogP contribution >= 0.6 is 0 Å². The zero-order valence-corrected chi connectivity index (χ0v) is 10.2. The first kappa shape index (κ1) is 11.5. The van der Waals surface area contributed by atoms with Crippen molar-refractivity contribution in [3.8, 4) is 5.75 Å². The smallest absolute Gasteiger partial charge is 0.119 e. The molecule has 1 aromatic carbocycles. The maximum Gasteiger partial charge on any atom is 0.119 e. The van der Waals surface area contributed by atoms with E-state index in [0.717, 1.165) is 11.7 Å². The van der Waals surface area contributed by atoms with Gasteiger partial charge in [-0.2, -0.15) is 0 Å². The molecule has 1 heteroatoms. The Bertz CT molecular complexity index is 311. The Balaban J connectivity index is 1.96. The van der Waals surface area contributed by atoms with Crippen LogP contribution in [-0.4, -0.2) is 7.11 Å². The molecule has 0 amide bonds. The van der Waals surface area contributed by atoms with Crippen LogP contribution in [0.1, 0.15) is 44.1 Å². The number of ether oxygens (including phenoxy) is 1. The topological polar surface area (TPSA) is 9.23 Å². The van der Waals surface area contributed by atoms with Crippen LogP contribution in [0.4, 0.5) is 0 Å². The summed E-state index contributed by atoms with van der Waals surface area (Å²) in [5.74, 6) is 1.89. The minimum Gasteiger partial charge on any atom is -0.497 e. The van der Waals surface area contributed by atoms with Gasteiger partial charge in [-0.15, -0.1) is 0 Å². The molecule has 0 bridgehead atoms. The Morgan fingerprint density at radius 2 is 1.88 bits per heavy atom. The van der Waals surface area contributed by atoms with Crippen molar-refractivity contribution in [2.75, 3.05) is 7.11 Å². The Labute approximate surface area is 98.8 Å². The van der Waals surface area contributed by atoms with E-state index in [2.05, 4.69) is 18.2 Å². The van der Waals surface area contributed by atoms with Crippen molar-refractivity contribution >= 4 is 0 Å². The lowest BCUT2D eigenvalue weighted by atomic mass is 9.92. The lowest BCUT2D eigenvalue weighted by Crippen LogP contribution is -2.03. The van der Waals surface area contributed by atoms with E-state index in [1.54, 1.807) is 7.11 Å². The lowest BCUT2D eigenvalue weighted by molar-refractivity contribution is 0.412. The van der Waals surface area contributed by atoms with Crippen molar-refractivity contribution in [3.63, 3.8) is 0 Å². The molecule has 0 atom stereocenters. The molecule has 0 aliphatic heterocycles. The van der Waals surface area contributed by atoms with Gasteiger partial charge in [-0.25, -0.2) is 0 Å². The first-order chi connectivity index (χ1) is 7.88. The molecular weight excluding hydrogens is 196 g/mol. The third-order valence-corrected chi connectivity index (χ3v) is 3.63. The highest BCUT2D eigenvalue weighted by molar-refractivity contribution is 5.28. The molecule has 1 saturated carbocycles. The fraction of sp³-hybridized carbons (Fsp3) is 0.600. The standard InChI is InChI=1S/C15H22O/c1-16-15-10-6-9-14(12-15)11-13-7-4-2-3-5-8-13/h6,9-10,12-13H,2-5,7-8,11H2,1H3. The molecule has 0 heterocycles. The van der Waals surface area contributed by atoms with E-state index in [9.17, 15) is 0 Å². The predicted molar refractivity (Wildman–Crippen MR) is 67.9 cm³/mol. The van der Waals surface area contributed by atoms with Crippen LogP contribution in [0.5, 0.6) is 5.75 Å². The van der Waals surface area contributed by atoms with Gasteiger partial charge in [-0.05, 0) is 30.0 Å². The summed E-state index contributed by atoms with van der Waals surface area (Å²) in [5.41, 5.74) is 1.44. The van der Waals surface area contributed by atoms with E-state index >= 15 is 0 Å². The SMILES string of the molecule is COc1cccc(CC2CCCCCC2)c1. The maximum atomic E-state index is 5.27. The average molecular weight is 218 g/mol. The van der Waals surface area contributed by atoms with Gasteiger partial charge in [0.2, 0.25) is 0 Å². The predicted octanol–water partition coefficient (Wildman–Crippen LogP) is 4.21. The Hall–Kier alpha value is -0.980. The van der Waals surface area contributed by atoms with Crippen molar-refractivity contribution in [2.24, 2.45) is 5.92 Å². The molecule has 0 saturated heterocycles. The lowest BCUT2D eigenvalue weighted by Gasteiger charge is -2.14. The summed E-state index contributed by atoms with van der Waals surface area (Å²) in [6, 6.07) is 8.54. The molecule has 1 nitrogen and oxygen atoms in total. The van der Waals surface area contributed by atoms with Crippen molar-refractivity contribution in [1.29, 1.82) is 0 Å². The van der Waals surface area contributed by atoms with Gasteiger partial charge in [0, 0.05) is 0 Å². The maximum absolute atomic E-state index is 5.27. The van der Waals surface area contributed by atoms with E-state index in [1.165, 1.54) is 50.5 Å². The highest BCUT2D eigenvalue weighted by Gasteiger charge is 2.12. The van der Waals surface area contributed by atoms with Gasteiger partial charge in [0.05, 0.1) is 7.11 Å². The van der Waals surface area contributed by atoms with Crippen LogP contribution in [0.25, 0.3) is 0 Å². The molecule has 0 spiro atoms. The van der Waals surface area contributed by atoms with Gasteiger partial charge in [0.25, 0.3) is 0 Å². The van der Waals surface area contributed by atoms with Crippen LogP contribution in [-0.2, 0) is 6.42 Å². The third-order valence-electron chi connectivity index (χ3n) is 3.63. The van der Waals surface area contributed by atoms with Crippen LogP contribution in [0.15, 0.2) is 24.3 Å². The summed E-state index contributed by atoms with van der Waals surface area (Å²) >= 11 is 0. The quantitative estimate of drug-likeness (QED) is 0.691. The minimum absolute atomic E-state index is 0.898. The highest BCUT2D eigenvalue weighted by Crippen LogP contribution is 2.26. The molecule has 0 N–H and O–H groups in total. The van der Waals surface area contributed by atoms with Crippen molar-refractivity contribution in [1.82, 2.24) is 0 Å². The zero-order chi connectivity index (χ0) is 11.2. The summed E-state index contributed by atoms with van der Waals surface area (Å²) in [7, 11) is 1.74. The summed E-state index contributed by atoms with van der Waals surface area (Å²) in [6.07, 6.45) is 9.79. The van der Waals surface area contributed by atoms with Crippen LogP contribution in [0, 0.1) is 5.92 Å². The van der Waals surface area contributed by atoms with Crippen LogP contribution < -0.4 is 4.74 Å². The zero-order valence-electron chi connectivity index (χ0n) is 10.2. The number of benzene rings is 1. The molecule has 2 rings (SSSR count). The first-order valence-corrected chi connectivity index (χ1v) is 6.51. The summed E-state index contributed by atoms with van der Waals surface area (Å²) in [5, 5.41) is 0. The molecule has 0 aromatic heterocycles. The van der Waals surface area contributed by atoms with Crippen molar-refractivity contribution < 1.29 is 4.74 Å². The highest BCUT2D eigenvalue weighted by atomic mass is 16.5. The van der Waals surface area contributed by atoms with E-state index < -0.39 is 0 Å². The van der Waals surface area contributed by atoms with Gasteiger partial charge in [-0.1, -0.05) is 50.7 Å². The molecule has 88 valence electrons. The normalized spacial score (nSPS) is 18.1. The fourth-order valence-corrected chi connectivity index (χ4v) is 2.70. The number of methoxy groups -OCH3 is 1. The van der Waals surface area contributed by atoms with E-state index in [1.807, 2.05) is 6.07 Å². The van der Waals surface area contributed by atoms with Gasteiger partial charge in [0.1, 0.15) is 5.75 Å². The number of hydrogen-bond acceptors (Lipinski definition) is 1. The van der Waals surface area contributed by atoms with E-state index in [4.69, 9.17) is 4.74 Å². The molecular formula is C15H22O. The van der Waals surface area contributed by atoms with Crippen LogP contribution in [0.3, 0.4) is 0 Å². The average Bonchev–Trinajstić information content (AvgIpc) is 2.58. The van der Waals surface area contributed by atoms with Gasteiger partial charge in [0.15, 0.2) is 0 Å². The van der Waals surface area contributed by atoms with Gasteiger partial charge < -0.3 is 4.74 Å². The molecule has 1 fully saturated rings. The molecule has 1 aromatic rings. The Morgan fingerprint density at radius 3 is 2.56 bits per heavy atom. The summed E-state index contributed by atoms with van der Waals surface area (Å²) < 4.78 is 5.27. The Morgan fingerprint density at radius 1 is 1.12 bits per heavy atom. The van der Waals surface area contributed by atoms with Gasteiger partial charge >= 0.3 is 0 Å².